The molecule has 0 fully saturated rings. The lowest BCUT2D eigenvalue weighted by molar-refractivity contribution is -0.143. The highest BCUT2D eigenvalue weighted by molar-refractivity contribution is 6.02. The Balaban J connectivity index is 1.77. The topological polar surface area (TPSA) is 104 Å². The number of carbonyl (C=O) groups excluding carboxylic acids is 1. The summed E-state index contributed by atoms with van der Waals surface area (Å²) in [4.78, 5) is 33.0. The number of amides is 1. The van der Waals surface area contributed by atoms with Crippen LogP contribution in [0.5, 0.6) is 0 Å². The molecule has 4 rings (SSSR count). The predicted molar refractivity (Wildman–Crippen MR) is 78.9 cm³/mol. The van der Waals surface area contributed by atoms with E-state index in [1.165, 1.54) is 17.4 Å². The van der Waals surface area contributed by atoms with Crippen molar-refractivity contribution in [2.45, 2.75) is 12.5 Å². The van der Waals surface area contributed by atoms with Gasteiger partial charge in [-0.2, -0.15) is 5.10 Å². The number of hydrogen-bond donors (Lipinski definition) is 2. The number of carbonyl (C=O) groups is 2. The smallest absolute Gasteiger partial charge is 0.332 e. The second-order valence-corrected chi connectivity index (χ2v) is 5.34. The Morgan fingerprint density at radius 2 is 2.22 bits per heavy atom. The van der Waals surface area contributed by atoms with Crippen LogP contribution in [0, 0.1) is 0 Å². The van der Waals surface area contributed by atoms with Gasteiger partial charge in [0.25, 0.3) is 5.91 Å². The van der Waals surface area contributed by atoms with Crippen LogP contribution in [0.1, 0.15) is 27.8 Å². The number of carboxylic acids is 1. The van der Waals surface area contributed by atoms with Crippen LogP contribution >= 0.6 is 0 Å². The van der Waals surface area contributed by atoms with Crippen LogP contribution in [0.4, 0.5) is 0 Å². The van der Waals surface area contributed by atoms with Crippen LogP contribution in [0.3, 0.4) is 0 Å². The van der Waals surface area contributed by atoms with E-state index in [9.17, 15) is 14.7 Å². The number of pyridine rings is 1. The first-order valence-electron chi connectivity index (χ1n) is 7.15. The summed E-state index contributed by atoms with van der Waals surface area (Å²) in [5, 5.41) is 13.7. The number of carboxylic acid groups (broad SMARTS) is 1. The van der Waals surface area contributed by atoms with Gasteiger partial charge in [0.05, 0.1) is 29.3 Å². The average Bonchev–Trinajstić information content (AvgIpc) is 3.19. The number of hydrogen-bond acceptors (Lipinski definition) is 4. The number of H-pyrrole nitrogens is 1. The summed E-state index contributed by atoms with van der Waals surface area (Å²) in [6, 6.07) is 4.31. The molecule has 1 atom stereocenters. The third-order valence-corrected chi connectivity index (χ3v) is 4.08. The first-order chi connectivity index (χ1) is 11.2. The Morgan fingerprint density at radius 1 is 1.35 bits per heavy atom. The van der Waals surface area contributed by atoms with E-state index in [0.717, 1.165) is 5.69 Å². The number of aromatic amines is 1. The Kier molecular flexibility index (Phi) is 2.90. The fourth-order valence-corrected chi connectivity index (χ4v) is 3.00. The minimum Gasteiger partial charge on any atom is -0.479 e. The monoisotopic (exact) mass is 311 g/mol. The van der Waals surface area contributed by atoms with Crippen molar-refractivity contribution in [3.05, 3.63) is 53.9 Å². The van der Waals surface area contributed by atoms with Crippen LogP contribution in [-0.4, -0.2) is 48.0 Å². The molecule has 23 heavy (non-hydrogen) atoms. The molecule has 2 N–H and O–H groups in total. The first kappa shape index (κ1) is 13.5. The van der Waals surface area contributed by atoms with Gasteiger partial charge in [-0.3, -0.25) is 4.79 Å². The highest BCUT2D eigenvalue weighted by atomic mass is 16.4. The number of fused-ring (bicyclic) bond motifs is 2. The van der Waals surface area contributed by atoms with E-state index < -0.39 is 12.0 Å². The van der Waals surface area contributed by atoms with Crippen molar-refractivity contribution < 1.29 is 14.7 Å². The van der Waals surface area contributed by atoms with Gasteiger partial charge < -0.3 is 15.0 Å². The molecule has 4 heterocycles. The van der Waals surface area contributed by atoms with Crippen LogP contribution in [0.2, 0.25) is 0 Å². The summed E-state index contributed by atoms with van der Waals surface area (Å²) >= 11 is 0. The minimum absolute atomic E-state index is 0.315. The molecule has 3 aromatic rings. The molecule has 1 amide bonds. The highest BCUT2D eigenvalue weighted by Gasteiger charge is 2.38. The first-order valence-corrected chi connectivity index (χ1v) is 7.15. The molecule has 0 saturated heterocycles. The maximum Gasteiger partial charge on any atom is 0.332 e. The van der Waals surface area contributed by atoms with Crippen molar-refractivity contribution in [3.63, 3.8) is 0 Å². The molecule has 0 aliphatic carbocycles. The summed E-state index contributed by atoms with van der Waals surface area (Å²) < 4.78 is 1.59. The van der Waals surface area contributed by atoms with Gasteiger partial charge in [-0.05, 0) is 12.1 Å². The lowest BCUT2D eigenvalue weighted by Crippen LogP contribution is -2.43. The molecule has 0 bridgehead atoms. The average molecular weight is 311 g/mol. The zero-order valence-electron chi connectivity index (χ0n) is 12.0. The minimum atomic E-state index is -1.09. The number of aliphatic carboxylic acids is 1. The van der Waals surface area contributed by atoms with Crippen LogP contribution in [-0.2, 0) is 11.2 Å². The largest absolute Gasteiger partial charge is 0.479 e. The van der Waals surface area contributed by atoms with Gasteiger partial charge in [0.1, 0.15) is 0 Å². The number of imidazole rings is 1. The van der Waals surface area contributed by atoms with Gasteiger partial charge in [0.2, 0.25) is 0 Å². The SMILES string of the molecule is O=C(O)C1c2nc[nH]c2CCN1C(=O)c1cnn2ccccc12. The normalized spacial score (nSPS) is 17.2. The molecule has 1 aliphatic rings. The quantitative estimate of drug-likeness (QED) is 0.731. The molecule has 8 nitrogen and oxygen atoms in total. The van der Waals surface area contributed by atoms with Gasteiger partial charge in [-0.1, -0.05) is 6.07 Å². The number of aromatic nitrogens is 4. The predicted octanol–water partition coefficient (Wildman–Crippen LogP) is 0.882. The Morgan fingerprint density at radius 3 is 3.04 bits per heavy atom. The molecule has 116 valence electrons. The van der Waals surface area contributed by atoms with E-state index >= 15 is 0 Å². The number of nitrogens with zero attached hydrogens (tertiary/aromatic N) is 4. The second-order valence-electron chi connectivity index (χ2n) is 5.34. The zero-order valence-corrected chi connectivity index (χ0v) is 12.0. The Labute approximate surface area is 130 Å². The molecule has 1 aliphatic heterocycles. The van der Waals surface area contributed by atoms with Crippen molar-refractivity contribution in [2.75, 3.05) is 6.54 Å². The molecule has 0 spiro atoms. The lowest BCUT2D eigenvalue weighted by atomic mass is 10.0. The van der Waals surface area contributed by atoms with Gasteiger partial charge in [0, 0.05) is 24.9 Å². The summed E-state index contributed by atoms with van der Waals surface area (Å²) in [5.41, 5.74) is 2.19. The maximum atomic E-state index is 12.9. The molecule has 0 radical (unpaired) electrons. The maximum absolute atomic E-state index is 12.9. The van der Waals surface area contributed by atoms with Gasteiger partial charge >= 0.3 is 5.97 Å². The van der Waals surface area contributed by atoms with Crippen LogP contribution in [0.15, 0.2) is 36.9 Å². The van der Waals surface area contributed by atoms with Gasteiger partial charge in [0.15, 0.2) is 6.04 Å². The van der Waals surface area contributed by atoms with Crippen molar-refractivity contribution in [1.82, 2.24) is 24.5 Å². The Bertz CT molecular complexity index is 913. The standard InChI is InChI=1S/C15H13N5O3/c21-14(9-7-18-20-5-2-1-3-11(9)20)19-6-4-10-12(17-8-16-10)13(19)15(22)23/h1-3,5,7-8,13H,4,6H2,(H,16,17)(H,22,23). The number of rotatable bonds is 2. The van der Waals surface area contributed by atoms with E-state index in [2.05, 4.69) is 15.1 Å². The summed E-state index contributed by atoms with van der Waals surface area (Å²) in [7, 11) is 0. The van der Waals surface area contributed by atoms with Crippen molar-refractivity contribution >= 4 is 17.4 Å². The van der Waals surface area contributed by atoms with Crippen LogP contribution in [0.25, 0.3) is 5.52 Å². The summed E-state index contributed by atoms with van der Waals surface area (Å²) in [6.07, 6.45) is 5.22. The van der Waals surface area contributed by atoms with Gasteiger partial charge in [-0.25, -0.2) is 14.3 Å². The molecular weight excluding hydrogens is 298 g/mol. The molecular formula is C15H13N5O3. The van der Waals surface area contributed by atoms with Crippen molar-refractivity contribution in [2.24, 2.45) is 0 Å². The summed E-state index contributed by atoms with van der Waals surface area (Å²) in [6.45, 7) is 0.315. The third kappa shape index (κ3) is 1.99. The van der Waals surface area contributed by atoms with Crippen LogP contribution < -0.4 is 0 Å². The second kappa shape index (κ2) is 4.94. The van der Waals surface area contributed by atoms with E-state index in [1.807, 2.05) is 12.1 Å². The van der Waals surface area contributed by atoms with E-state index in [4.69, 9.17) is 0 Å². The molecule has 0 aromatic carbocycles. The highest BCUT2D eigenvalue weighted by Crippen LogP contribution is 2.29. The fraction of sp³-hybridized carbons (Fsp3) is 0.200. The summed E-state index contributed by atoms with van der Waals surface area (Å²) in [5.74, 6) is -1.45. The lowest BCUT2D eigenvalue weighted by Gasteiger charge is -2.32. The van der Waals surface area contributed by atoms with E-state index in [-0.39, 0.29) is 5.91 Å². The van der Waals surface area contributed by atoms with Crippen molar-refractivity contribution in [3.8, 4) is 0 Å². The fourth-order valence-electron chi connectivity index (χ4n) is 3.00. The molecule has 8 heteroatoms. The van der Waals surface area contributed by atoms with E-state index in [1.54, 1.807) is 16.8 Å². The van der Waals surface area contributed by atoms with Crippen molar-refractivity contribution in [1.29, 1.82) is 0 Å². The van der Waals surface area contributed by atoms with Gasteiger partial charge in [-0.15, -0.1) is 0 Å². The third-order valence-electron chi connectivity index (χ3n) is 4.08. The van der Waals surface area contributed by atoms with E-state index in [0.29, 0.717) is 29.7 Å². The molecule has 1 unspecified atom stereocenters. The molecule has 0 saturated carbocycles. The number of nitrogens with one attached hydrogen (secondary N) is 1. The Hall–Kier alpha value is -3.16. The molecule has 3 aromatic heterocycles. The zero-order chi connectivity index (χ0) is 16.0.